The van der Waals surface area contributed by atoms with E-state index >= 15 is 0 Å². The maximum Gasteiger partial charge on any atom is 0.137 e. The van der Waals surface area contributed by atoms with E-state index in [1.807, 2.05) is 36.5 Å². The summed E-state index contributed by atoms with van der Waals surface area (Å²) in [6.45, 7) is 0.735. The second-order valence-electron chi connectivity index (χ2n) is 12.6. The largest absolute Gasteiger partial charge is 0.457 e. The van der Waals surface area contributed by atoms with Crippen molar-refractivity contribution in [2.75, 3.05) is 16.5 Å². The predicted octanol–water partition coefficient (Wildman–Crippen LogP) is 10.8. The molecule has 10 rings (SSSR count). The second-order valence-corrected chi connectivity index (χ2v) is 12.6. The van der Waals surface area contributed by atoms with Gasteiger partial charge in [-0.3, -0.25) is 4.57 Å². The smallest absolute Gasteiger partial charge is 0.137 e. The molecule has 0 saturated heterocycles. The first-order valence-electron chi connectivity index (χ1n) is 16.8. The van der Waals surface area contributed by atoms with Crippen molar-refractivity contribution < 1.29 is 4.74 Å². The van der Waals surface area contributed by atoms with Crippen LogP contribution in [0.15, 0.2) is 176 Å². The number of anilines is 2. The molecule has 0 saturated carbocycles. The van der Waals surface area contributed by atoms with Gasteiger partial charge < -0.3 is 19.1 Å². The lowest BCUT2D eigenvalue weighted by atomic mass is 10.1. The lowest BCUT2D eigenvalue weighted by molar-refractivity contribution is 0.483. The van der Waals surface area contributed by atoms with Crippen molar-refractivity contribution in [2.24, 2.45) is 0 Å². The minimum absolute atomic E-state index is 0.735. The van der Waals surface area contributed by atoms with Crippen LogP contribution >= 0.6 is 0 Å². The molecular formula is C44H31N5O. The van der Waals surface area contributed by atoms with Gasteiger partial charge in [0, 0.05) is 69.3 Å². The van der Waals surface area contributed by atoms with Crippen molar-refractivity contribution >= 4 is 55.0 Å². The third-order valence-corrected chi connectivity index (χ3v) is 9.63. The average Bonchev–Trinajstić information content (AvgIpc) is 3.89. The summed E-state index contributed by atoms with van der Waals surface area (Å²) in [5.41, 5.74) is 7.86. The Bertz CT molecular complexity index is 2710. The third kappa shape index (κ3) is 4.54. The highest BCUT2D eigenvalue weighted by molar-refractivity contribution is 6.29. The quantitative estimate of drug-likeness (QED) is 0.180. The van der Waals surface area contributed by atoms with Gasteiger partial charge in [0.15, 0.2) is 0 Å². The zero-order chi connectivity index (χ0) is 33.0. The summed E-state index contributed by atoms with van der Waals surface area (Å²) in [4.78, 5) is 9.26. The number of para-hydroxylation sites is 3. The summed E-state index contributed by atoms with van der Waals surface area (Å²) in [5.74, 6) is 2.41. The van der Waals surface area contributed by atoms with E-state index in [0.29, 0.717) is 0 Å². The van der Waals surface area contributed by atoms with Crippen molar-refractivity contribution in [3.05, 3.63) is 176 Å². The number of ether oxygens (including phenoxy) is 1. The SMILES string of the molecule is C1=CN(c2cccc(Oc3ccc4c5c6c7ccccc7n(-c7ccccc7)c6ccc5n(-c5ccccn5)c4c3)c2)CN1c1ccccc1. The van der Waals surface area contributed by atoms with E-state index < -0.39 is 0 Å². The van der Waals surface area contributed by atoms with Crippen molar-refractivity contribution in [3.8, 4) is 23.0 Å². The Balaban J connectivity index is 1.11. The number of rotatable bonds is 6. The van der Waals surface area contributed by atoms with E-state index in [-0.39, 0.29) is 0 Å². The lowest BCUT2D eigenvalue weighted by Gasteiger charge is -2.22. The Morgan fingerprint density at radius 1 is 0.440 bits per heavy atom. The summed E-state index contributed by atoms with van der Waals surface area (Å²) < 4.78 is 11.2. The van der Waals surface area contributed by atoms with E-state index in [2.05, 4.69) is 159 Å². The minimum Gasteiger partial charge on any atom is -0.457 e. The Labute approximate surface area is 288 Å². The highest BCUT2D eigenvalue weighted by Crippen LogP contribution is 2.43. The van der Waals surface area contributed by atoms with Gasteiger partial charge in [-0.2, -0.15) is 0 Å². The summed E-state index contributed by atoms with van der Waals surface area (Å²) >= 11 is 0. The monoisotopic (exact) mass is 645 g/mol. The van der Waals surface area contributed by atoms with Crippen LogP contribution in [0.4, 0.5) is 11.4 Å². The molecule has 0 spiro atoms. The van der Waals surface area contributed by atoms with Crippen molar-refractivity contribution in [1.82, 2.24) is 14.1 Å². The van der Waals surface area contributed by atoms with Gasteiger partial charge in [0.2, 0.25) is 0 Å². The molecule has 0 aliphatic carbocycles. The molecule has 1 aliphatic heterocycles. The molecule has 3 aromatic heterocycles. The van der Waals surface area contributed by atoms with Crippen LogP contribution in [0.1, 0.15) is 0 Å². The molecule has 0 atom stereocenters. The molecule has 4 heterocycles. The summed E-state index contributed by atoms with van der Waals surface area (Å²) in [7, 11) is 0. The van der Waals surface area contributed by atoms with Gasteiger partial charge >= 0.3 is 0 Å². The number of hydrogen-bond acceptors (Lipinski definition) is 4. The Morgan fingerprint density at radius 3 is 1.86 bits per heavy atom. The number of pyridine rings is 1. The molecule has 238 valence electrons. The van der Waals surface area contributed by atoms with Gasteiger partial charge in [-0.05, 0) is 78.9 Å². The molecule has 9 aromatic rings. The minimum atomic E-state index is 0.735. The first-order valence-corrected chi connectivity index (χ1v) is 16.8. The molecule has 0 amide bonds. The maximum absolute atomic E-state index is 6.60. The first kappa shape index (κ1) is 28.2. The zero-order valence-corrected chi connectivity index (χ0v) is 27.1. The Kier molecular flexibility index (Phi) is 6.45. The standard InChI is InChI=1S/C44H31N5O/c1-3-12-31(13-4-1)46-26-27-47(30-46)33-16-11-17-34(28-33)50-35-21-22-37-41(29-35)49(42-20-9-10-25-45-42)40-24-23-39-43(44(37)40)36-18-7-8-19-38(36)48(39)32-14-5-2-6-15-32/h1-29H,30H2. The predicted molar refractivity (Wildman–Crippen MR) is 205 cm³/mol. The topological polar surface area (TPSA) is 38.5 Å². The van der Waals surface area contributed by atoms with Crippen LogP contribution in [0.2, 0.25) is 0 Å². The Morgan fingerprint density at radius 2 is 1.08 bits per heavy atom. The number of hydrogen-bond donors (Lipinski definition) is 0. The highest BCUT2D eigenvalue weighted by atomic mass is 16.5. The van der Waals surface area contributed by atoms with Crippen molar-refractivity contribution in [2.45, 2.75) is 0 Å². The van der Waals surface area contributed by atoms with Crippen LogP contribution in [0.5, 0.6) is 11.5 Å². The third-order valence-electron chi connectivity index (χ3n) is 9.63. The number of aromatic nitrogens is 3. The van der Waals surface area contributed by atoms with Gasteiger partial charge in [0.1, 0.15) is 17.3 Å². The molecule has 0 unspecified atom stereocenters. The number of benzene rings is 6. The highest BCUT2D eigenvalue weighted by Gasteiger charge is 2.21. The fourth-order valence-corrected chi connectivity index (χ4v) is 7.43. The van der Waals surface area contributed by atoms with Gasteiger partial charge in [-0.25, -0.2) is 4.98 Å². The van der Waals surface area contributed by atoms with Gasteiger partial charge in [0.05, 0.1) is 28.7 Å². The molecule has 6 aromatic carbocycles. The summed E-state index contributed by atoms with van der Waals surface area (Å²) in [5, 5.41) is 4.80. The van der Waals surface area contributed by atoms with Gasteiger partial charge in [0.25, 0.3) is 0 Å². The van der Waals surface area contributed by atoms with Crippen molar-refractivity contribution in [3.63, 3.8) is 0 Å². The molecule has 1 aliphatic rings. The van der Waals surface area contributed by atoms with Crippen LogP contribution in [-0.4, -0.2) is 20.8 Å². The van der Waals surface area contributed by atoms with Crippen LogP contribution in [0.3, 0.4) is 0 Å². The van der Waals surface area contributed by atoms with Crippen LogP contribution in [0, 0.1) is 0 Å². The molecule has 50 heavy (non-hydrogen) atoms. The Hall–Kier alpha value is -6.79. The van der Waals surface area contributed by atoms with E-state index in [1.165, 1.54) is 27.2 Å². The molecule has 0 radical (unpaired) electrons. The van der Waals surface area contributed by atoms with E-state index in [0.717, 1.165) is 57.5 Å². The molecule has 0 N–H and O–H groups in total. The van der Waals surface area contributed by atoms with Crippen molar-refractivity contribution in [1.29, 1.82) is 0 Å². The fraction of sp³-hybridized carbons (Fsp3) is 0.0227. The fourth-order valence-electron chi connectivity index (χ4n) is 7.43. The van der Waals surface area contributed by atoms with Crippen LogP contribution in [-0.2, 0) is 0 Å². The molecule has 0 fully saturated rings. The van der Waals surface area contributed by atoms with Crippen LogP contribution < -0.4 is 14.5 Å². The number of fused-ring (bicyclic) bond motifs is 7. The van der Waals surface area contributed by atoms with Gasteiger partial charge in [-0.1, -0.05) is 66.7 Å². The summed E-state index contributed by atoms with van der Waals surface area (Å²) in [6, 6.07) is 55.0. The lowest BCUT2D eigenvalue weighted by Crippen LogP contribution is -2.24. The van der Waals surface area contributed by atoms with E-state index in [4.69, 9.17) is 9.72 Å². The maximum atomic E-state index is 6.60. The van der Waals surface area contributed by atoms with Crippen LogP contribution in [0.25, 0.3) is 55.1 Å². The first-order chi connectivity index (χ1) is 24.8. The van der Waals surface area contributed by atoms with E-state index in [9.17, 15) is 0 Å². The normalized spacial score (nSPS) is 13.0. The molecule has 6 heteroatoms. The molecular weight excluding hydrogens is 615 g/mol. The average molecular weight is 646 g/mol. The van der Waals surface area contributed by atoms with Gasteiger partial charge in [-0.15, -0.1) is 0 Å². The second kappa shape index (κ2) is 11.4. The molecule has 0 bridgehead atoms. The summed E-state index contributed by atoms with van der Waals surface area (Å²) in [6.07, 6.45) is 6.07. The zero-order valence-electron chi connectivity index (χ0n) is 27.1. The molecule has 6 nitrogen and oxygen atoms in total. The number of nitrogens with zero attached hydrogens (tertiary/aromatic N) is 5. The van der Waals surface area contributed by atoms with E-state index in [1.54, 1.807) is 0 Å².